The minimum absolute atomic E-state index is 0.0515. The fourth-order valence-corrected chi connectivity index (χ4v) is 3.50. The molecule has 0 unspecified atom stereocenters. The Hall–Kier alpha value is -2.33. The molecule has 0 fully saturated rings. The van der Waals surface area contributed by atoms with Crippen molar-refractivity contribution in [3.63, 3.8) is 0 Å². The Labute approximate surface area is 147 Å². The van der Waals surface area contributed by atoms with E-state index in [0.717, 1.165) is 23.9 Å². The number of benzene rings is 1. The largest absolute Gasteiger partial charge is 0.416 e. The molecular formula is C15H10F3N3O2S2. The maximum atomic E-state index is 12.7. The van der Waals surface area contributed by atoms with E-state index >= 15 is 0 Å². The summed E-state index contributed by atoms with van der Waals surface area (Å²) >= 11 is 2.30. The number of alkyl halides is 3. The molecule has 3 aromatic rings. The van der Waals surface area contributed by atoms with Crippen LogP contribution in [0.25, 0.3) is 10.2 Å². The highest BCUT2D eigenvalue weighted by Gasteiger charge is 2.30. The minimum atomic E-state index is -4.48. The van der Waals surface area contributed by atoms with Gasteiger partial charge in [0.2, 0.25) is 5.91 Å². The van der Waals surface area contributed by atoms with Gasteiger partial charge in [0.15, 0.2) is 5.16 Å². The van der Waals surface area contributed by atoms with Crippen LogP contribution in [0.2, 0.25) is 0 Å². The van der Waals surface area contributed by atoms with Gasteiger partial charge >= 0.3 is 6.18 Å². The number of hydrogen-bond donors (Lipinski definition) is 2. The van der Waals surface area contributed by atoms with Crippen LogP contribution >= 0.6 is 23.1 Å². The molecule has 0 aliphatic heterocycles. The van der Waals surface area contributed by atoms with Crippen LogP contribution < -0.4 is 10.9 Å². The number of aromatic amines is 1. The van der Waals surface area contributed by atoms with Gasteiger partial charge in [-0.3, -0.25) is 9.59 Å². The lowest BCUT2D eigenvalue weighted by molar-refractivity contribution is -0.137. The zero-order valence-corrected chi connectivity index (χ0v) is 14.0. The Morgan fingerprint density at radius 3 is 2.88 bits per heavy atom. The van der Waals surface area contributed by atoms with Gasteiger partial charge in [-0.15, -0.1) is 11.3 Å². The molecule has 1 aromatic carbocycles. The zero-order chi connectivity index (χ0) is 18.0. The average molecular weight is 385 g/mol. The lowest BCUT2D eigenvalue weighted by Gasteiger charge is -2.09. The average Bonchev–Trinajstić information content (AvgIpc) is 3.01. The van der Waals surface area contributed by atoms with E-state index in [2.05, 4.69) is 15.3 Å². The molecule has 0 radical (unpaired) electrons. The van der Waals surface area contributed by atoms with E-state index < -0.39 is 17.6 Å². The van der Waals surface area contributed by atoms with E-state index in [-0.39, 0.29) is 22.2 Å². The number of H-pyrrole nitrogens is 1. The molecule has 0 aliphatic rings. The topological polar surface area (TPSA) is 74.8 Å². The third-order valence-corrected chi connectivity index (χ3v) is 4.81. The minimum Gasteiger partial charge on any atom is -0.325 e. The number of thioether (sulfide) groups is 1. The predicted molar refractivity (Wildman–Crippen MR) is 91.0 cm³/mol. The van der Waals surface area contributed by atoms with Crippen molar-refractivity contribution in [1.82, 2.24) is 9.97 Å². The molecule has 2 aromatic heterocycles. The lowest BCUT2D eigenvalue weighted by atomic mass is 10.2. The Kier molecular flexibility index (Phi) is 4.82. The monoisotopic (exact) mass is 385 g/mol. The van der Waals surface area contributed by atoms with Crippen LogP contribution in [0.5, 0.6) is 0 Å². The van der Waals surface area contributed by atoms with E-state index in [9.17, 15) is 22.8 Å². The first-order valence-corrected chi connectivity index (χ1v) is 8.77. The highest BCUT2D eigenvalue weighted by atomic mass is 32.2. The van der Waals surface area contributed by atoms with Crippen LogP contribution in [0.4, 0.5) is 18.9 Å². The van der Waals surface area contributed by atoms with E-state index in [0.29, 0.717) is 10.2 Å². The molecule has 10 heteroatoms. The number of hydrogen-bond acceptors (Lipinski definition) is 5. The number of rotatable bonds is 4. The predicted octanol–water partition coefficient (Wildman–Crippen LogP) is 3.73. The third kappa shape index (κ3) is 4.20. The van der Waals surface area contributed by atoms with Crippen molar-refractivity contribution in [3.8, 4) is 0 Å². The van der Waals surface area contributed by atoms with Gasteiger partial charge in [-0.05, 0) is 29.6 Å². The molecular weight excluding hydrogens is 375 g/mol. The maximum absolute atomic E-state index is 12.7. The number of carbonyl (C=O) groups is 1. The number of anilines is 1. The van der Waals surface area contributed by atoms with Crippen molar-refractivity contribution in [1.29, 1.82) is 0 Å². The highest BCUT2D eigenvalue weighted by Crippen LogP contribution is 2.30. The number of nitrogens with one attached hydrogen (secondary N) is 2. The van der Waals surface area contributed by atoms with Crippen LogP contribution in [0.15, 0.2) is 45.7 Å². The van der Waals surface area contributed by atoms with Crippen LogP contribution in [0, 0.1) is 0 Å². The third-order valence-electron chi connectivity index (χ3n) is 3.13. The first kappa shape index (κ1) is 17.5. The van der Waals surface area contributed by atoms with E-state index in [4.69, 9.17) is 0 Å². The second-order valence-corrected chi connectivity index (χ2v) is 6.78. The summed E-state index contributed by atoms with van der Waals surface area (Å²) < 4.78 is 38.0. The van der Waals surface area contributed by atoms with Gasteiger partial charge in [-0.2, -0.15) is 13.2 Å². The van der Waals surface area contributed by atoms with Crippen LogP contribution in [0.3, 0.4) is 0 Å². The SMILES string of the molecule is O=C(CSc1nc2sccc2c(=O)[nH]1)Nc1cccc(C(F)(F)F)c1. The van der Waals surface area contributed by atoms with Gasteiger partial charge in [-0.25, -0.2) is 4.98 Å². The Morgan fingerprint density at radius 1 is 1.32 bits per heavy atom. The Balaban J connectivity index is 1.65. The van der Waals surface area contributed by atoms with Gasteiger partial charge in [-0.1, -0.05) is 17.8 Å². The standard InChI is InChI=1S/C15H10F3N3O2S2/c16-15(17,18)8-2-1-3-9(6-8)19-11(22)7-25-14-20-12(23)10-4-5-24-13(10)21-14/h1-6H,7H2,(H,19,22)(H,20,21,23). The van der Waals surface area contributed by atoms with Crippen molar-refractivity contribution < 1.29 is 18.0 Å². The molecule has 0 bridgehead atoms. The fraction of sp³-hybridized carbons (Fsp3) is 0.133. The van der Waals surface area contributed by atoms with Crippen molar-refractivity contribution >= 4 is 44.9 Å². The van der Waals surface area contributed by atoms with Gasteiger partial charge in [0.1, 0.15) is 4.83 Å². The number of amides is 1. The van der Waals surface area contributed by atoms with Crippen LogP contribution in [-0.2, 0) is 11.0 Å². The number of nitrogens with zero attached hydrogens (tertiary/aromatic N) is 1. The number of fused-ring (bicyclic) bond motifs is 1. The van der Waals surface area contributed by atoms with Gasteiger partial charge in [0.25, 0.3) is 5.56 Å². The molecule has 1 amide bonds. The highest BCUT2D eigenvalue weighted by molar-refractivity contribution is 7.99. The van der Waals surface area contributed by atoms with E-state index in [1.807, 2.05) is 0 Å². The molecule has 0 spiro atoms. The Bertz CT molecular complexity index is 982. The van der Waals surface area contributed by atoms with Crippen molar-refractivity contribution in [2.45, 2.75) is 11.3 Å². The molecule has 0 aliphatic carbocycles. The zero-order valence-electron chi connectivity index (χ0n) is 12.4. The molecule has 2 N–H and O–H groups in total. The normalized spacial score (nSPS) is 11.6. The molecule has 25 heavy (non-hydrogen) atoms. The van der Waals surface area contributed by atoms with Gasteiger partial charge < -0.3 is 10.3 Å². The number of halogens is 3. The quantitative estimate of drug-likeness (QED) is 0.530. The number of thiophene rings is 1. The lowest BCUT2D eigenvalue weighted by Crippen LogP contribution is -2.16. The van der Waals surface area contributed by atoms with Crippen molar-refractivity contribution in [2.24, 2.45) is 0 Å². The van der Waals surface area contributed by atoms with Crippen LogP contribution in [0.1, 0.15) is 5.56 Å². The van der Waals surface area contributed by atoms with Crippen molar-refractivity contribution in [3.05, 3.63) is 51.6 Å². The molecule has 0 atom stereocenters. The summed E-state index contributed by atoms with van der Waals surface area (Å²) in [6, 6.07) is 6.03. The van der Waals surface area contributed by atoms with Gasteiger partial charge in [0, 0.05) is 5.69 Å². The second-order valence-electron chi connectivity index (χ2n) is 4.93. The molecule has 130 valence electrons. The summed E-state index contributed by atoms with van der Waals surface area (Å²) in [5.74, 6) is -0.603. The smallest absolute Gasteiger partial charge is 0.325 e. The summed E-state index contributed by atoms with van der Waals surface area (Å²) in [7, 11) is 0. The summed E-state index contributed by atoms with van der Waals surface area (Å²) in [5, 5.41) is 4.88. The van der Waals surface area contributed by atoms with Crippen molar-refractivity contribution in [2.75, 3.05) is 11.1 Å². The molecule has 5 nitrogen and oxygen atoms in total. The Morgan fingerprint density at radius 2 is 2.12 bits per heavy atom. The fourth-order valence-electron chi connectivity index (χ4n) is 2.02. The second kappa shape index (κ2) is 6.89. The first-order valence-electron chi connectivity index (χ1n) is 6.90. The number of aromatic nitrogens is 2. The van der Waals surface area contributed by atoms with E-state index in [1.165, 1.54) is 23.5 Å². The molecule has 3 rings (SSSR count). The summed E-state index contributed by atoms with van der Waals surface area (Å²) in [6.45, 7) is 0. The van der Waals surface area contributed by atoms with Crippen LogP contribution in [-0.4, -0.2) is 21.6 Å². The molecule has 0 saturated carbocycles. The van der Waals surface area contributed by atoms with E-state index in [1.54, 1.807) is 11.4 Å². The number of carbonyl (C=O) groups excluding carboxylic acids is 1. The maximum Gasteiger partial charge on any atom is 0.416 e. The summed E-state index contributed by atoms with van der Waals surface area (Å²) in [4.78, 5) is 31.1. The molecule has 2 heterocycles. The first-order chi connectivity index (χ1) is 11.8. The summed E-state index contributed by atoms with van der Waals surface area (Å²) in [6.07, 6.45) is -4.48. The van der Waals surface area contributed by atoms with Gasteiger partial charge in [0.05, 0.1) is 16.7 Å². The molecule has 0 saturated heterocycles. The summed E-state index contributed by atoms with van der Waals surface area (Å²) in [5.41, 5.74) is -1.09.